The number of amides is 2. The monoisotopic (exact) mass is 449 g/mol. The van der Waals surface area contributed by atoms with E-state index >= 15 is 0 Å². The van der Waals surface area contributed by atoms with E-state index in [-0.39, 0.29) is 18.1 Å². The van der Waals surface area contributed by atoms with E-state index in [2.05, 4.69) is 10.6 Å². The standard InChI is InChI=1S/C21H27N3O6S/c1-4-24(5-2)31(27,28)19-12-8-10-17(14-19)22-20(25)15-30-18-11-7-9-16(13-18)23-21(26)29-6-3/h7-14H,4-6,15H2,1-3H3,(H,22,25)(H,23,26). The van der Waals surface area contributed by atoms with Gasteiger partial charge in [0.05, 0.1) is 11.5 Å². The van der Waals surface area contributed by atoms with Gasteiger partial charge in [-0.25, -0.2) is 13.2 Å². The quantitative estimate of drug-likeness (QED) is 0.575. The first-order valence-corrected chi connectivity index (χ1v) is 11.3. The Morgan fingerprint density at radius 2 is 1.58 bits per heavy atom. The highest BCUT2D eigenvalue weighted by atomic mass is 32.2. The molecule has 168 valence electrons. The van der Waals surface area contributed by atoms with Crippen LogP contribution in [0.15, 0.2) is 53.4 Å². The Morgan fingerprint density at radius 3 is 2.23 bits per heavy atom. The third-order valence-electron chi connectivity index (χ3n) is 4.19. The van der Waals surface area contributed by atoms with Crippen LogP contribution in [-0.2, 0) is 19.6 Å². The Balaban J connectivity index is 1.99. The molecule has 2 aromatic carbocycles. The summed E-state index contributed by atoms with van der Waals surface area (Å²) in [5.74, 6) is -0.0801. The molecule has 0 unspecified atom stereocenters. The van der Waals surface area contributed by atoms with E-state index in [1.54, 1.807) is 57.2 Å². The number of carbonyl (C=O) groups excluding carboxylic acids is 2. The molecule has 0 atom stereocenters. The van der Waals surface area contributed by atoms with Crippen LogP contribution in [0, 0.1) is 0 Å². The van der Waals surface area contributed by atoms with E-state index in [0.29, 0.717) is 30.2 Å². The summed E-state index contributed by atoms with van der Waals surface area (Å²) in [5, 5.41) is 5.17. The summed E-state index contributed by atoms with van der Waals surface area (Å²) in [5.41, 5.74) is 0.810. The van der Waals surface area contributed by atoms with E-state index in [9.17, 15) is 18.0 Å². The first-order valence-electron chi connectivity index (χ1n) is 9.86. The molecule has 0 saturated carbocycles. The van der Waals surface area contributed by atoms with Crippen LogP contribution in [0.4, 0.5) is 16.2 Å². The third-order valence-corrected chi connectivity index (χ3v) is 6.23. The second-order valence-electron chi connectivity index (χ2n) is 6.33. The lowest BCUT2D eigenvalue weighted by Crippen LogP contribution is -2.30. The van der Waals surface area contributed by atoms with Crippen LogP contribution in [0.1, 0.15) is 20.8 Å². The third kappa shape index (κ3) is 6.97. The van der Waals surface area contributed by atoms with E-state index in [1.165, 1.54) is 16.4 Å². The predicted molar refractivity (Wildman–Crippen MR) is 118 cm³/mol. The van der Waals surface area contributed by atoms with Gasteiger partial charge in [0.2, 0.25) is 10.0 Å². The van der Waals surface area contributed by atoms with Crippen molar-refractivity contribution in [1.82, 2.24) is 4.31 Å². The predicted octanol–water partition coefficient (Wildman–Crippen LogP) is 3.30. The molecule has 0 aliphatic rings. The number of sulfonamides is 1. The van der Waals surface area contributed by atoms with E-state index < -0.39 is 22.0 Å². The van der Waals surface area contributed by atoms with Crippen molar-refractivity contribution in [2.75, 3.05) is 36.9 Å². The highest BCUT2D eigenvalue weighted by molar-refractivity contribution is 7.89. The smallest absolute Gasteiger partial charge is 0.411 e. The van der Waals surface area contributed by atoms with Gasteiger partial charge in [-0.2, -0.15) is 4.31 Å². The maximum Gasteiger partial charge on any atom is 0.411 e. The fourth-order valence-corrected chi connectivity index (χ4v) is 4.25. The molecule has 2 rings (SSSR count). The number of hydrogen-bond donors (Lipinski definition) is 2. The van der Waals surface area contributed by atoms with Gasteiger partial charge < -0.3 is 14.8 Å². The number of hydrogen-bond acceptors (Lipinski definition) is 6. The van der Waals surface area contributed by atoms with Gasteiger partial charge in [-0.15, -0.1) is 0 Å². The molecule has 0 fully saturated rings. The molecule has 0 heterocycles. The fraction of sp³-hybridized carbons (Fsp3) is 0.333. The van der Waals surface area contributed by atoms with Crippen molar-refractivity contribution < 1.29 is 27.5 Å². The summed E-state index contributed by atoms with van der Waals surface area (Å²) < 4.78 is 36.9. The summed E-state index contributed by atoms with van der Waals surface area (Å²) in [6.07, 6.45) is -0.586. The molecular weight excluding hydrogens is 422 g/mol. The zero-order chi connectivity index (χ0) is 22.9. The van der Waals surface area contributed by atoms with E-state index in [4.69, 9.17) is 9.47 Å². The lowest BCUT2D eigenvalue weighted by molar-refractivity contribution is -0.118. The van der Waals surface area contributed by atoms with Crippen LogP contribution >= 0.6 is 0 Å². The molecule has 0 aliphatic carbocycles. The molecule has 0 aliphatic heterocycles. The number of ether oxygens (including phenoxy) is 2. The van der Waals surface area contributed by atoms with Crippen molar-refractivity contribution in [1.29, 1.82) is 0 Å². The van der Waals surface area contributed by atoms with Gasteiger partial charge in [0, 0.05) is 30.5 Å². The molecule has 9 nitrogen and oxygen atoms in total. The molecule has 2 N–H and O–H groups in total. The van der Waals surface area contributed by atoms with Crippen molar-refractivity contribution in [2.45, 2.75) is 25.7 Å². The average Bonchev–Trinajstić information content (AvgIpc) is 2.73. The zero-order valence-corrected chi connectivity index (χ0v) is 18.6. The molecule has 0 radical (unpaired) electrons. The summed E-state index contributed by atoms with van der Waals surface area (Å²) >= 11 is 0. The minimum absolute atomic E-state index is 0.104. The number of anilines is 2. The maximum atomic E-state index is 12.6. The van der Waals surface area contributed by atoms with Crippen LogP contribution < -0.4 is 15.4 Å². The van der Waals surface area contributed by atoms with Gasteiger partial charge in [0.25, 0.3) is 5.91 Å². The Morgan fingerprint density at radius 1 is 0.935 bits per heavy atom. The molecule has 2 aromatic rings. The van der Waals surface area contributed by atoms with Crippen LogP contribution in [0.5, 0.6) is 5.75 Å². The molecule has 2 amide bonds. The lowest BCUT2D eigenvalue weighted by Gasteiger charge is -2.18. The maximum absolute atomic E-state index is 12.6. The van der Waals surface area contributed by atoms with Crippen molar-refractivity contribution in [3.05, 3.63) is 48.5 Å². The largest absolute Gasteiger partial charge is 0.484 e. The molecule has 0 aromatic heterocycles. The van der Waals surface area contributed by atoms with Crippen molar-refractivity contribution >= 4 is 33.4 Å². The molecular formula is C21H27N3O6S. The van der Waals surface area contributed by atoms with Crippen molar-refractivity contribution in [2.24, 2.45) is 0 Å². The number of carbonyl (C=O) groups is 2. The van der Waals surface area contributed by atoms with Gasteiger partial charge in [-0.1, -0.05) is 26.0 Å². The zero-order valence-electron chi connectivity index (χ0n) is 17.8. The number of rotatable bonds is 10. The van der Waals surface area contributed by atoms with Crippen molar-refractivity contribution in [3.8, 4) is 5.75 Å². The van der Waals surface area contributed by atoms with Crippen LogP contribution in [0.3, 0.4) is 0 Å². The molecule has 10 heteroatoms. The van der Waals surface area contributed by atoms with E-state index in [1.807, 2.05) is 0 Å². The molecule has 0 spiro atoms. The number of nitrogens with zero attached hydrogens (tertiary/aromatic N) is 1. The van der Waals surface area contributed by atoms with Gasteiger partial charge in [0.1, 0.15) is 5.75 Å². The molecule has 0 bridgehead atoms. The first-order chi connectivity index (χ1) is 14.8. The number of benzene rings is 2. The summed E-state index contributed by atoms with van der Waals surface area (Å²) in [6, 6.07) is 12.6. The Hall–Kier alpha value is -3.11. The van der Waals surface area contributed by atoms with Gasteiger partial charge in [-0.3, -0.25) is 10.1 Å². The SMILES string of the molecule is CCOC(=O)Nc1cccc(OCC(=O)Nc2cccc(S(=O)(=O)N(CC)CC)c2)c1. The Kier molecular flexibility index (Phi) is 8.83. The van der Waals surface area contributed by atoms with Gasteiger partial charge >= 0.3 is 6.09 Å². The van der Waals surface area contributed by atoms with Crippen LogP contribution in [0.25, 0.3) is 0 Å². The molecule has 0 saturated heterocycles. The van der Waals surface area contributed by atoms with Gasteiger partial charge in [0.15, 0.2) is 6.61 Å². The van der Waals surface area contributed by atoms with E-state index in [0.717, 1.165) is 0 Å². The minimum atomic E-state index is -3.63. The fourth-order valence-electron chi connectivity index (χ4n) is 2.74. The van der Waals surface area contributed by atoms with Gasteiger partial charge in [-0.05, 0) is 37.3 Å². The van der Waals surface area contributed by atoms with Crippen LogP contribution in [0.2, 0.25) is 0 Å². The first kappa shape index (κ1) is 24.2. The normalized spacial score (nSPS) is 11.1. The van der Waals surface area contributed by atoms with Crippen molar-refractivity contribution in [3.63, 3.8) is 0 Å². The highest BCUT2D eigenvalue weighted by Crippen LogP contribution is 2.20. The number of nitrogens with one attached hydrogen (secondary N) is 2. The summed E-state index contributed by atoms with van der Waals surface area (Å²) in [6.45, 7) is 5.89. The summed E-state index contributed by atoms with van der Waals surface area (Å²) in [4.78, 5) is 23.8. The second-order valence-corrected chi connectivity index (χ2v) is 8.27. The lowest BCUT2D eigenvalue weighted by atomic mass is 10.3. The van der Waals surface area contributed by atoms with Crippen LogP contribution in [-0.4, -0.2) is 51.0 Å². The molecule has 31 heavy (non-hydrogen) atoms. The minimum Gasteiger partial charge on any atom is -0.484 e. The topological polar surface area (TPSA) is 114 Å². The Labute approximate surface area is 182 Å². The Bertz CT molecular complexity index is 1010. The summed E-state index contributed by atoms with van der Waals surface area (Å²) in [7, 11) is -3.63. The second kappa shape index (κ2) is 11.3. The average molecular weight is 450 g/mol. The highest BCUT2D eigenvalue weighted by Gasteiger charge is 2.21.